The van der Waals surface area contributed by atoms with Crippen LogP contribution in [-0.2, 0) is 11.2 Å². The number of nitrogens with zero attached hydrogens (tertiary/aromatic N) is 1. The fourth-order valence-electron chi connectivity index (χ4n) is 1.23. The van der Waals surface area contributed by atoms with E-state index in [1.165, 1.54) is 5.56 Å². The van der Waals surface area contributed by atoms with Crippen LogP contribution in [0.4, 0.5) is 0 Å². The molecule has 1 aromatic rings. The van der Waals surface area contributed by atoms with E-state index in [1.54, 1.807) is 0 Å². The second kappa shape index (κ2) is 2.87. The number of aryl methyl sites for hydroxylation is 1. The molecule has 2 nitrogen and oxygen atoms in total. The summed E-state index contributed by atoms with van der Waals surface area (Å²) in [6, 6.07) is 4.12. The van der Waals surface area contributed by atoms with E-state index >= 15 is 0 Å². The summed E-state index contributed by atoms with van der Waals surface area (Å²) in [5, 5.41) is 0. The number of hydrogen-bond acceptors (Lipinski definition) is 2. The molecule has 2 rings (SSSR count). The summed E-state index contributed by atoms with van der Waals surface area (Å²) >= 11 is 0. The van der Waals surface area contributed by atoms with Crippen molar-refractivity contribution in [3.8, 4) is 0 Å². The minimum Gasteiger partial charge on any atom is -0.370 e. The third-order valence-electron chi connectivity index (χ3n) is 2.33. The molecule has 2 heterocycles. The van der Waals surface area contributed by atoms with Crippen molar-refractivity contribution >= 4 is 0 Å². The lowest BCUT2D eigenvalue weighted by Crippen LogP contribution is -2.05. The van der Waals surface area contributed by atoms with Gasteiger partial charge in [0.1, 0.15) is 0 Å². The van der Waals surface area contributed by atoms with Gasteiger partial charge in [-0.25, -0.2) is 0 Å². The van der Waals surface area contributed by atoms with Gasteiger partial charge in [0, 0.05) is 12.4 Å². The Balaban J connectivity index is 1.88. The van der Waals surface area contributed by atoms with E-state index in [-0.39, 0.29) is 5.60 Å². The van der Waals surface area contributed by atoms with Gasteiger partial charge >= 0.3 is 0 Å². The lowest BCUT2D eigenvalue weighted by atomic mass is 10.0. The molecule has 1 unspecified atom stereocenters. The number of hydrogen-bond donors (Lipinski definition) is 0. The number of ether oxygens (including phenoxy) is 1. The van der Waals surface area contributed by atoms with E-state index in [4.69, 9.17) is 4.74 Å². The summed E-state index contributed by atoms with van der Waals surface area (Å²) in [7, 11) is 0. The lowest BCUT2D eigenvalue weighted by molar-refractivity contribution is 0.309. The topological polar surface area (TPSA) is 25.4 Å². The third kappa shape index (κ3) is 1.83. The van der Waals surface area contributed by atoms with Crippen molar-refractivity contribution < 1.29 is 4.74 Å². The van der Waals surface area contributed by atoms with Crippen molar-refractivity contribution in [3.05, 3.63) is 30.1 Å². The number of rotatable bonds is 3. The highest BCUT2D eigenvalue weighted by atomic mass is 16.6. The first-order valence-corrected chi connectivity index (χ1v) is 4.31. The van der Waals surface area contributed by atoms with Gasteiger partial charge in [0.15, 0.2) is 0 Å². The van der Waals surface area contributed by atoms with Crippen molar-refractivity contribution in [2.45, 2.75) is 25.4 Å². The molecule has 1 aromatic heterocycles. The quantitative estimate of drug-likeness (QED) is 0.635. The van der Waals surface area contributed by atoms with Gasteiger partial charge in [0.25, 0.3) is 0 Å². The number of epoxide rings is 1. The van der Waals surface area contributed by atoms with E-state index in [9.17, 15) is 0 Å². The monoisotopic (exact) mass is 163 g/mol. The van der Waals surface area contributed by atoms with Gasteiger partial charge in [0.05, 0.1) is 12.2 Å². The largest absolute Gasteiger partial charge is 0.370 e. The fraction of sp³-hybridized carbons (Fsp3) is 0.500. The molecule has 0 radical (unpaired) electrons. The Hall–Kier alpha value is -0.890. The van der Waals surface area contributed by atoms with Crippen LogP contribution >= 0.6 is 0 Å². The van der Waals surface area contributed by atoms with Gasteiger partial charge in [-0.1, -0.05) is 0 Å². The van der Waals surface area contributed by atoms with Gasteiger partial charge in [-0.15, -0.1) is 0 Å². The molecule has 1 aliphatic heterocycles. The van der Waals surface area contributed by atoms with Crippen LogP contribution in [0.25, 0.3) is 0 Å². The van der Waals surface area contributed by atoms with Crippen LogP contribution in [0.2, 0.25) is 0 Å². The Kier molecular flexibility index (Phi) is 1.85. The van der Waals surface area contributed by atoms with Crippen LogP contribution in [0.1, 0.15) is 18.9 Å². The van der Waals surface area contributed by atoms with E-state index in [1.807, 2.05) is 12.4 Å². The summed E-state index contributed by atoms with van der Waals surface area (Å²) in [5.41, 5.74) is 1.53. The highest BCUT2D eigenvalue weighted by Gasteiger charge is 2.38. The van der Waals surface area contributed by atoms with Crippen LogP contribution in [0.5, 0.6) is 0 Å². The molecular formula is C10H13NO. The molecule has 64 valence electrons. The average Bonchev–Trinajstić information content (AvgIpc) is 2.84. The first-order chi connectivity index (χ1) is 5.79. The van der Waals surface area contributed by atoms with E-state index in [0.29, 0.717) is 0 Å². The summed E-state index contributed by atoms with van der Waals surface area (Å²) in [5.74, 6) is 0. The zero-order chi connectivity index (χ0) is 8.44. The zero-order valence-corrected chi connectivity index (χ0v) is 7.29. The Morgan fingerprint density at radius 3 is 2.75 bits per heavy atom. The van der Waals surface area contributed by atoms with E-state index < -0.39 is 0 Å². The van der Waals surface area contributed by atoms with Crippen LogP contribution < -0.4 is 0 Å². The molecule has 2 heteroatoms. The summed E-state index contributed by atoms with van der Waals surface area (Å²) in [6.45, 7) is 3.09. The van der Waals surface area contributed by atoms with Crippen molar-refractivity contribution in [2.24, 2.45) is 0 Å². The molecule has 1 aliphatic rings. The molecular weight excluding hydrogens is 150 g/mol. The molecule has 0 aliphatic carbocycles. The Morgan fingerprint density at radius 1 is 1.50 bits per heavy atom. The van der Waals surface area contributed by atoms with Crippen LogP contribution in [0, 0.1) is 0 Å². The summed E-state index contributed by atoms with van der Waals surface area (Å²) in [4.78, 5) is 3.97. The highest BCUT2D eigenvalue weighted by Crippen LogP contribution is 2.30. The van der Waals surface area contributed by atoms with Gasteiger partial charge in [0.2, 0.25) is 0 Å². The van der Waals surface area contributed by atoms with Crippen LogP contribution in [0.15, 0.2) is 24.5 Å². The van der Waals surface area contributed by atoms with Crippen molar-refractivity contribution in [1.29, 1.82) is 0 Å². The minimum absolute atomic E-state index is 0.184. The second-order valence-electron chi connectivity index (χ2n) is 3.59. The molecule has 0 bridgehead atoms. The maximum Gasteiger partial charge on any atom is 0.0891 e. The van der Waals surface area contributed by atoms with Gasteiger partial charge in [-0.3, -0.25) is 4.98 Å². The number of pyridine rings is 1. The van der Waals surface area contributed by atoms with Crippen molar-refractivity contribution in [3.63, 3.8) is 0 Å². The smallest absolute Gasteiger partial charge is 0.0891 e. The zero-order valence-electron chi connectivity index (χ0n) is 7.29. The molecule has 0 saturated carbocycles. The SMILES string of the molecule is CC1(CCc2ccncc2)CO1. The molecule has 0 spiro atoms. The Bertz CT molecular complexity index is 254. The highest BCUT2D eigenvalue weighted by molar-refractivity contribution is 5.10. The van der Waals surface area contributed by atoms with Crippen molar-refractivity contribution in [1.82, 2.24) is 4.98 Å². The molecule has 1 fully saturated rings. The molecule has 12 heavy (non-hydrogen) atoms. The molecule has 1 saturated heterocycles. The Labute approximate surface area is 72.6 Å². The van der Waals surface area contributed by atoms with Gasteiger partial charge in [-0.05, 0) is 37.5 Å². The van der Waals surface area contributed by atoms with Crippen molar-refractivity contribution in [2.75, 3.05) is 6.61 Å². The number of aromatic nitrogens is 1. The summed E-state index contributed by atoms with van der Waals surface area (Å²) in [6.07, 6.45) is 5.90. The van der Waals surface area contributed by atoms with Crippen LogP contribution in [0.3, 0.4) is 0 Å². The standard InChI is InChI=1S/C10H13NO/c1-10(8-12-10)5-2-9-3-6-11-7-4-9/h3-4,6-7H,2,5,8H2,1H3. The van der Waals surface area contributed by atoms with E-state index in [0.717, 1.165) is 19.4 Å². The predicted molar refractivity (Wildman–Crippen MR) is 46.9 cm³/mol. The second-order valence-corrected chi connectivity index (χ2v) is 3.59. The molecule has 0 N–H and O–H groups in total. The predicted octanol–water partition coefficient (Wildman–Crippen LogP) is 1.80. The van der Waals surface area contributed by atoms with E-state index in [2.05, 4.69) is 24.0 Å². The first-order valence-electron chi connectivity index (χ1n) is 4.31. The molecule has 1 atom stereocenters. The molecule has 0 amide bonds. The summed E-state index contributed by atoms with van der Waals surface area (Å²) < 4.78 is 5.30. The average molecular weight is 163 g/mol. The normalized spacial score (nSPS) is 27.1. The fourth-order valence-corrected chi connectivity index (χ4v) is 1.23. The van der Waals surface area contributed by atoms with Gasteiger partial charge in [-0.2, -0.15) is 0 Å². The lowest BCUT2D eigenvalue weighted by Gasteiger charge is -2.03. The first kappa shape index (κ1) is 7.74. The minimum atomic E-state index is 0.184. The Morgan fingerprint density at radius 2 is 2.17 bits per heavy atom. The maximum absolute atomic E-state index is 5.30. The third-order valence-corrected chi connectivity index (χ3v) is 2.33. The van der Waals surface area contributed by atoms with Gasteiger partial charge < -0.3 is 4.74 Å². The van der Waals surface area contributed by atoms with Crippen LogP contribution in [-0.4, -0.2) is 17.2 Å². The molecule has 0 aromatic carbocycles. The maximum atomic E-state index is 5.30.